The molecule has 0 aromatic carbocycles. The zero-order chi connectivity index (χ0) is 13.3. The van der Waals surface area contributed by atoms with Crippen LogP contribution in [0, 0.1) is 5.92 Å². The summed E-state index contributed by atoms with van der Waals surface area (Å²) in [5.41, 5.74) is 0. The van der Waals surface area contributed by atoms with Crippen molar-refractivity contribution in [3.8, 4) is 0 Å². The van der Waals surface area contributed by atoms with Crippen molar-refractivity contribution < 1.29 is 24.2 Å². The van der Waals surface area contributed by atoms with Gasteiger partial charge in [-0.25, -0.2) is 0 Å². The SMILES string of the molecule is CCOC(=O)CCC[C@H](C(=O)OCC)[C@@H](C)O. The monoisotopic (exact) mass is 246 g/mol. The van der Waals surface area contributed by atoms with Gasteiger partial charge >= 0.3 is 11.9 Å². The molecular weight excluding hydrogens is 224 g/mol. The van der Waals surface area contributed by atoms with Gasteiger partial charge in [0.1, 0.15) is 0 Å². The molecule has 5 heteroatoms. The molecule has 100 valence electrons. The van der Waals surface area contributed by atoms with Crippen molar-refractivity contribution in [1.82, 2.24) is 0 Å². The second-order valence-corrected chi connectivity index (χ2v) is 3.80. The molecule has 0 rings (SSSR count). The van der Waals surface area contributed by atoms with Crippen molar-refractivity contribution >= 4 is 11.9 Å². The van der Waals surface area contributed by atoms with E-state index in [-0.39, 0.29) is 12.4 Å². The molecule has 5 nitrogen and oxygen atoms in total. The number of rotatable bonds is 8. The van der Waals surface area contributed by atoms with Crippen LogP contribution in [0.5, 0.6) is 0 Å². The van der Waals surface area contributed by atoms with Crippen LogP contribution >= 0.6 is 0 Å². The molecule has 0 amide bonds. The van der Waals surface area contributed by atoms with Crippen LogP contribution in [0.4, 0.5) is 0 Å². The molecule has 0 saturated carbocycles. The number of esters is 2. The fourth-order valence-corrected chi connectivity index (χ4v) is 1.50. The standard InChI is InChI=1S/C12H22O5/c1-4-16-11(14)8-6-7-10(9(3)13)12(15)17-5-2/h9-10,13H,4-8H2,1-3H3/t9-,10+/m1/s1. The molecule has 0 aliphatic carbocycles. The Bertz CT molecular complexity index is 237. The summed E-state index contributed by atoms with van der Waals surface area (Å²) in [7, 11) is 0. The fraction of sp³-hybridized carbons (Fsp3) is 0.833. The first-order chi connectivity index (χ1) is 8.02. The first-order valence-corrected chi connectivity index (χ1v) is 6.03. The Labute approximate surface area is 102 Å². The van der Waals surface area contributed by atoms with Gasteiger partial charge in [0.15, 0.2) is 0 Å². The Morgan fingerprint density at radius 2 is 1.76 bits per heavy atom. The third kappa shape index (κ3) is 6.94. The predicted molar refractivity (Wildman–Crippen MR) is 62.3 cm³/mol. The van der Waals surface area contributed by atoms with E-state index in [4.69, 9.17) is 9.47 Å². The lowest BCUT2D eigenvalue weighted by atomic mass is 9.97. The molecular formula is C12H22O5. The van der Waals surface area contributed by atoms with Crippen LogP contribution in [-0.2, 0) is 19.1 Å². The van der Waals surface area contributed by atoms with Crippen molar-refractivity contribution in [1.29, 1.82) is 0 Å². The number of carbonyl (C=O) groups is 2. The van der Waals surface area contributed by atoms with Gasteiger partial charge in [-0.2, -0.15) is 0 Å². The molecule has 0 unspecified atom stereocenters. The summed E-state index contributed by atoms with van der Waals surface area (Å²) >= 11 is 0. The molecule has 0 aliphatic heterocycles. The van der Waals surface area contributed by atoms with E-state index >= 15 is 0 Å². The van der Waals surface area contributed by atoms with Gasteiger partial charge in [-0.3, -0.25) is 9.59 Å². The predicted octanol–water partition coefficient (Wildman–Crippen LogP) is 1.28. The molecule has 0 aliphatic rings. The van der Waals surface area contributed by atoms with Crippen LogP contribution in [0.25, 0.3) is 0 Å². The summed E-state index contributed by atoms with van der Waals surface area (Å²) in [6.07, 6.45) is 0.426. The highest BCUT2D eigenvalue weighted by Crippen LogP contribution is 2.15. The van der Waals surface area contributed by atoms with Gasteiger partial charge in [-0.15, -0.1) is 0 Å². The highest BCUT2D eigenvalue weighted by Gasteiger charge is 2.24. The maximum absolute atomic E-state index is 11.5. The van der Waals surface area contributed by atoms with Gasteiger partial charge in [0.25, 0.3) is 0 Å². The van der Waals surface area contributed by atoms with Crippen molar-refractivity contribution in [3.63, 3.8) is 0 Å². The van der Waals surface area contributed by atoms with Crippen LogP contribution in [-0.4, -0.2) is 36.4 Å². The third-order valence-corrected chi connectivity index (χ3v) is 2.37. The van der Waals surface area contributed by atoms with Crippen molar-refractivity contribution in [2.24, 2.45) is 5.92 Å². The maximum atomic E-state index is 11.5. The zero-order valence-corrected chi connectivity index (χ0v) is 10.8. The lowest BCUT2D eigenvalue weighted by molar-refractivity contribution is -0.152. The van der Waals surface area contributed by atoms with Crippen molar-refractivity contribution in [3.05, 3.63) is 0 Å². The van der Waals surface area contributed by atoms with Gasteiger partial charge in [0.2, 0.25) is 0 Å². The van der Waals surface area contributed by atoms with E-state index in [1.807, 2.05) is 0 Å². The van der Waals surface area contributed by atoms with E-state index in [1.54, 1.807) is 20.8 Å². The van der Waals surface area contributed by atoms with E-state index in [0.717, 1.165) is 0 Å². The van der Waals surface area contributed by atoms with E-state index in [9.17, 15) is 14.7 Å². The quantitative estimate of drug-likeness (QED) is 0.653. The topological polar surface area (TPSA) is 72.8 Å². The van der Waals surface area contributed by atoms with E-state index < -0.39 is 18.0 Å². The third-order valence-electron chi connectivity index (χ3n) is 2.37. The number of hydrogen-bond acceptors (Lipinski definition) is 5. The number of aliphatic hydroxyl groups excluding tert-OH is 1. The van der Waals surface area contributed by atoms with Crippen molar-refractivity contribution in [2.75, 3.05) is 13.2 Å². The highest BCUT2D eigenvalue weighted by molar-refractivity contribution is 5.73. The summed E-state index contributed by atoms with van der Waals surface area (Å²) in [6, 6.07) is 0. The lowest BCUT2D eigenvalue weighted by Gasteiger charge is -2.17. The van der Waals surface area contributed by atoms with Crippen LogP contribution in [0.1, 0.15) is 40.0 Å². The van der Waals surface area contributed by atoms with Crippen LogP contribution in [0.15, 0.2) is 0 Å². The normalized spacial score (nSPS) is 13.9. The van der Waals surface area contributed by atoms with Crippen LogP contribution < -0.4 is 0 Å². The maximum Gasteiger partial charge on any atom is 0.311 e. The number of ether oxygens (including phenoxy) is 2. The molecule has 0 fully saturated rings. The van der Waals surface area contributed by atoms with Crippen LogP contribution in [0.3, 0.4) is 0 Å². The van der Waals surface area contributed by atoms with Gasteiger partial charge in [-0.1, -0.05) is 0 Å². The number of carbonyl (C=O) groups excluding carboxylic acids is 2. The summed E-state index contributed by atoms with van der Waals surface area (Å²) in [6.45, 7) is 5.66. The Morgan fingerprint density at radius 1 is 1.18 bits per heavy atom. The molecule has 0 aromatic rings. The van der Waals surface area contributed by atoms with E-state index in [1.165, 1.54) is 0 Å². The minimum Gasteiger partial charge on any atom is -0.466 e. The molecule has 2 atom stereocenters. The molecule has 0 aromatic heterocycles. The second-order valence-electron chi connectivity index (χ2n) is 3.80. The van der Waals surface area contributed by atoms with Gasteiger partial charge < -0.3 is 14.6 Å². The summed E-state index contributed by atoms with van der Waals surface area (Å²) in [4.78, 5) is 22.6. The largest absolute Gasteiger partial charge is 0.466 e. The molecule has 1 N–H and O–H groups in total. The summed E-state index contributed by atoms with van der Waals surface area (Å²) < 4.78 is 9.63. The molecule has 17 heavy (non-hydrogen) atoms. The summed E-state index contributed by atoms with van der Waals surface area (Å²) in [5.74, 6) is -1.25. The zero-order valence-electron chi connectivity index (χ0n) is 10.8. The van der Waals surface area contributed by atoms with E-state index in [0.29, 0.717) is 26.1 Å². The minimum absolute atomic E-state index is 0.260. The lowest BCUT2D eigenvalue weighted by Crippen LogP contribution is -2.28. The average molecular weight is 246 g/mol. The second kappa shape index (κ2) is 8.98. The van der Waals surface area contributed by atoms with Crippen molar-refractivity contribution in [2.45, 2.75) is 46.1 Å². The Balaban J connectivity index is 4.01. The summed E-state index contributed by atoms with van der Waals surface area (Å²) in [5, 5.41) is 9.46. The molecule has 0 saturated heterocycles. The first kappa shape index (κ1) is 15.9. The highest BCUT2D eigenvalue weighted by atomic mass is 16.5. The Kier molecular flexibility index (Phi) is 8.40. The number of hydrogen-bond donors (Lipinski definition) is 1. The molecule has 0 heterocycles. The molecule has 0 bridgehead atoms. The van der Waals surface area contributed by atoms with Gasteiger partial charge in [0, 0.05) is 6.42 Å². The van der Waals surface area contributed by atoms with Gasteiger partial charge in [0.05, 0.1) is 25.2 Å². The Hall–Kier alpha value is -1.10. The smallest absolute Gasteiger partial charge is 0.311 e. The average Bonchev–Trinajstić information content (AvgIpc) is 2.24. The Morgan fingerprint density at radius 3 is 2.24 bits per heavy atom. The fourth-order valence-electron chi connectivity index (χ4n) is 1.50. The minimum atomic E-state index is -0.767. The van der Waals surface area contributed by atoms with Gasteiger partial charge in [-0.05, 0) is 33.6 Å². The van der Waals surface area contributed by atoms with E-state index in [2.05, 4.69) is 0 Å². The first-order valence-electron chi connectivity index (χ1n) is 6.03. The molecule has 0 radical (unpaired) electrons. The number of aliphatic hydroxyl groups is 1. The van der Waals surface area contributed by atoms with Crippen LogP contribution in [0.2, 0.25) is 0 Å². The molecule has 0 spiro atoms.